The van der Waals surface area contributed by atoms with Gasteiger partial charge in [-0.2, -0.15) is 0 Å². The van der Waals surface area contributed by atoms with Crippen LogP contribution in [0, 0.1) is 0 Å². The Bertz CT molecular complexity index is 356. The molecule has 0 aliphatic rings. The van der Waals surface area contributed by atoms with Gasteiger partial charge in [0.2, 0.25) is 0 Å². The van der Waals surface area contributed by atoms with Gasteiger partial charge in [-0.25, -0.2) is 9.59 Å². The Morgan fingerprint density at radius 2 is 1.65 bits per heavy atom. The number of carbonyl (C=O) groups is 3. The first-order valence-electron chi connectivity index (χ1n) is 6.29. The van der Waals surface area contributed by atoms with Crippen LogP contribution in [0.15, 0.2) is 0 Å². The molecule has 0 bridgehead atoms. The Morgan fingerprint density at radius 3 is 2.10 bits per heavy atom. The number of aliphatic carboxylic acids is 1. The van der Waals surface area contributed by atoms with Gasteiger partial charge < -0.3 is 19.3 Å². The van der Waals surface area contributed by atoms with Gasteiger partial charge >= 0.3 is 17.9 Å². The highest BCUT2D eigenvalue weighted by molar-refractivity contribution is 5.78. The average molecular weight is 290 g/mol. The lowest BCUT2D eigenvalue weighted by molar-refractivity contribution is -0.168. The molecule has 0 heterocycles. The number of ether oxygens (including phenoxy) is 3. The van der Waals surface area contributed by atoms with Crippen molar-refractivity contribution in [1.29, 1.82) is 0 Å². The highest BCUT2D eigenvalue weighted by Gasteiger charge is 2.23. The lowest BCUT2D eigenvalue weighted by atomic mass is 10.2. The molecule has 0 aromatic heterocycles. The zero-order valence-electron chi connectivity index (χ0n) is 12.5. The van der Waals surface area contributed by atoms with E-state index in [4.69, 9.17) is 14.6 Å². The van der Waals surface area contributed by atoms with Crippen LogP contribution >= 0.6 is 0 Å². The molecular formula is C13H22O7. The van der Waals surface area contributed by atoms with Crippen LogP contribution in [0.3, 0.4) is 0 Å². The van der Waals surface area contributed by atoms with Crippen molar-refractivity contribution in [1.82, 2.24) is 0 Å². The van der Waals surface area contributed by atoms with E-state index in [0.717, 1.165) is 0 Å². The molecule has 0 fully saturated rings. The summed E-state index contributed by atoms with van der Waals surface area (Å²) >= 11 is 0. The zero-order chi connectivity index (χ0) is 15.9. The van der Waals surface area contributed by atoms with E-state index in [-0.39, 0.29) is 13.0 Å². The van der Waals surface area contributed by atoms with E-state index in [1.54, 1.807) is 27.7 Å². The maximum Gasteiger partial charge on any atom is 0.344 e. The fourth-order valence-electron chi connectivity index (χ4n) is 1.24. The summed E-state index contributed by atoms with van der Waals surface area (Å²) in [5.74, 6) is -2.56. The topological polar surface area (TPSA) is 99.1 Å². The molecule has 0 saturated heterocycles. The maximum atomic E-state index is 11.5. The molecule has 0 amide bonds. The largest absolute Gasteiger partial charge is 0.479 e. The standard InChI is InChI=1S/C13H22O7/c1-8(11(15)16)19-10(14)6-7-18-12(17)9(2)20-13(3,4)5/h8-9H,6-7H2,1-5H3,(H,15,16)/t8-,9-/m0/s1. The zero-order valence-corrected chi connectivity index (χ0v) is 12.5. The van der Waals surface area contributed by atoms with Gasteiger partial charge in [0.25, 0.3) is 0 Å². The Morgan fingerprint density at radius 1 is 1.10 bits per heavy atom. The van der Waals surface area contributed by atoms with Gasteiger partial charge in [0, 0.05) is 0 Å². The van der Waals surface area contributed by atoms with E-state index in [2.05, 4.69) is 4.74 Å². The monoisotopic (exact) mass is 290 g/mol. The Hall–Kier alpha value is -1.63. The quantitative estimate of drug-likeness (QED) is 0.702. The van der Waals surface area contributed by atoms with Crippen molar-refractivity contribution in [3.63, 3.8) is 0 Å². The number of carbonyl (C=O) groups excluding carboxylic acids is 2. The molecule has 20 heavy (non-hydrogen) atoms. The first-order valence-corrected chi connectivity index (χ1v) is 6.29. The van der Waals surface area contributed by atoms with Crippen molar-refractivity contribution >= 4 is 17.9 Å². The smallest absolute Gasteiger partial charge is 0.344 e. The van der Waals surface area contributed by atoms with Crippen molar-refractivity contribution in [2.24, 2.45) is 0 Å². The third-order valence-electron chi connectivity index (χ3n) is 2.07. The van der Waals surface area contributed by atoms with Crippen LogP contribution < -0.4 is 0 Å². The number of hydrogen-bond donors (Lipinski definition) is 1. The van der Waals surface area contributed by atoms with Crippen molar-refractivity contribution in [2.75, 3.05) is 6.61 Å². The fraction of sp³-hybridized carbons (Fsp3) is 0.769. The molecular weight excluding hydrogens is 268 g/mol. The Labute approximate surface area is 118 Å². The van der Waals surface area contributed by atoms with Crippen LogP contribution in [0.2, 0.25) is 0 Å². The second kappa shape index (κ2) is 7.84. The van der Waals surface area contributed by atoms with Crippen molar-refractivity contribution < 1.29 is 33.7 Å². The third-order valence-corrected chi connectivity index (χ3v) is 2.07. The van der Waals surface area contributed by atoms with Gasteiger partial charge in [0.15, 0.2) is 12.2 Å². The molecule has 0 rings (SSSR count). The van der Waals surface area contributed by atoms with Crippen molar-refractivity contribution in [3.8, 4) is 0 Å². The van der Waals surface area contributed by atoms with Crippen LogP contribution in [0.5, 0.6) is 0 Å². The predicted octanol–water partition coefficient (Wildman–Crippen LogP) is 1.14. The lowest BCUT2D eigenvalue weighted by Gasteiger charge is -2.23. The van der Waals surface area contributed by atoms with Crippen molar-refractivity contribution in [3.05, 3.63) is 0 Å². The van der Waals surface area contributed by atoms with Gasteiger partial charge in [0.1, 0.15) is 6.61 Å². The van der Waals surface area contributed by atoms with Gasteiger partial charge in [-0.3, -0.25) is 4.79 Å². The van der Waals surface area contributed by atoms with Gasteiger partial charge in [-0.15, -0.1) is 0 Å². The van der Waals surface area contributed by atoms with E-state index in [1.807, 2.05) is 0 Å². The summed E-state index contributed by atoms with van der Waals surface area (Å²) in [6.45, 7) is 8.04. The Kier molecular flexibility index (Phi) is 7.20. The SMILES string of the molecule is C[C@H](OC(=O)CCOC(=O)[C@H](C)OC(C)(C)C)C(=O)O. The molecule has 116 valence electrons. The highest BCUT2D eigenvalue weighted by Crippen LogP contribution is 2.11. The first-order chi connectivity index (χ1) is 9.03. The van der Waals surface area contributed by atoms with Gasteiger partial charge in [-0.1, -0.05) is 0 Å². The second-order valence-corrected chi connectivity index (χ2v) is 5.26. The van der Waals surface area contributed by atoms with Crippen molar-refractivity contribution in [2.45, 2.75) is 58.8 Å². The van der Waals surface area contributed by atoms with E-state index in [9.17, 15) is 14.4 Å². The van der Waals surface area contributed by atoms with E-state index < -0.39 is 35.7 Å². The molecule has 0 unspecified atom stereocenters. The molecule has 0 spiro atoms. The number of carboxylic acids is 1. The maximum absolute atomic E-state index is 11.5. The van der Waals surface area contributed by atoms with Crippen LogP contribution in [-0.2, 0) is 28.6 Å². The molecule has 2 atom stereocenters. The minimum atomic E-state index is -1.23. The van der Waals surface area contributed by atoms with Crippen LogP contribution in [0.1, 0.15) is 41.0 Å². The summed E-state index contributed by atoms with van der Waals surface area (Å²) < 4.78 is 14.8. The number of hydrogen-bond acceptors (Lipinski definition) is 6. The molecule has 1 N–H and O–H groups in total. The normalized spacial score (nSPS) is 14.2. The minimum Gasteiger partial charge on any atom is -0.479 e. The van der Waals surface area contributed by atoms with E-state index in [1.165, 1.54) is 6.92 Å². The number of rotatable bonds is 7. The predicted molar refractivity (Wildman–Crippen MR) is 69.1 cm³/mol. The molecule has 0 radical (unpaired) electrons. The Balaban J connectivity index is 3.97. The highest BCUT2D eigenvalue weighted by atomic mass is 16.6. The molecule has 0 aromatic carbocycles. The van der Waals surface area contributed by atoms with Crippen LogP contribution in [0.4, 0.5) is 0 Å². The van der Waals surface area contributed by atoms with Gasteiger partial charge in [-0.05, 0) is 34.6 Å². The minimum absolute atomic E-state index is 0.179. The van der Waals surface area contributed by atoms with E-state index >= 15 is 0 Å². The summed E-state index contributed by atoms with van der Waals surface area (Å²) in [6, 6.07) is 0. The molecule has 0 aromatic rings. The van der Waals surface area contributed by atoms with Crippen LogP contribution in [0.25, 0.3) is 0 Å². The fourth-order valence-corrected chi connectivity index (χ4v) is 1.24. The molecule has 0 aliphatic carbocycles. The summed E-state index contributed by atoms with van der Waals surface area (Å²) in [7, 11) is 0. The second-order valence-electron chi connectivity index (χ2n) is 5.26. The lowest BCUT2D eigenvalue weighted by Crippen LogP contribution is -2.32. The summed E-state index contributed by atoms with van der Waals surface area (Å²) in [5.41, 5.74) is -0.478. The molecule has 0 aliphatic heterocycles. The first kappa shape index (κ1) is 18.4. The number of carboxylic acid groups (broad SMARTS) is 1. The van der Waals surface area contributed by atoms with Gasteiger partial charge in [0.05, 0.1) is 12.0 Å². The number of esters is 2. The average Bonchev–Trinajstić information content (AvgIpc) is 2.26. The summed E-state index contributed by atoms with van der Waals surface area (Å²) in [5, 5.41) is 8.55. The molecule has 0 saturated carbocycles. The summed E-state index contributed by atoms with van der Waals surface area (Å²) in [4.78, 5) is 33.2. The van der Waals surface area contributed by atoms with E-state index in [0.29, 0.717) is 0 Å². The third kappa shape index (κ3) is 8.47. The van der Waals surface area contributed by atoms with Crippen LogP contribution in [-0.4, -0.2) is 47.4 Å². The molecule has 7 nitrogen and oxygen atoms in total. The summed E-state index contributed by atoms with van der Waals surface area (Å²) in [6.07, 6.45) is -2.17. The molecule has 7 heteroatoms.